The van der Waals surface area contributed by atoms with Crippen molar-refractivity contribution >= 4 is 5.97 Å². The molecule has 1 N–H and O–H groups in total. The summed E-state index contributed by atoms with van der Waals surface area (Å²) in [5.74, 6) is -0.597. The first-order valence-electron chi connectivity index (χ1n) is 8.56. The number of hydrogen-bond acceptors (Lipinski definition) is 2. The Morgan fingerprint density at radius 3 is 2.00 bits per heavy atom. The van der Waals surface area contributed by atoms with E-state index in [2.05, 4.69) is 4.90 Å². The summed E-state index contributed by atoms with van der Waals surface area (Å²) < 4.78 is 0. The zero-order chi connectivity index (χ0) is 14.1. The van der Waals surface area contributed by atoms with Gasteiger partial charge in [0.1, 0.15) is 0 Å². The van der Waals surface area contributed by atoms with Crippen molar-refractivity contribution in [3.05, 3.63) is 0 Å². The Balaban J connectivity index is 1.56. The molecule has 2 aliphatic carbocycles. The Bertz CT molecular complexity index is 346. The lowest BCUT2D eigenvalue weighted by molar-refractivity contribution is -0.142. The van der Waals surface area contributed by atoms with E-state index in [-0.39, 0.29) is 5.41 Å². The molecule has 3 rings (SSSR count). The molecule has 1 saturated heterocycles. The molecule has 0 atom stereocenters. The van der Waals surface area contributed by atoms with Gasteiger partial charge in [-0.15, -0.1) is 0 Å². The third-order valence-corrected chi connectivity index (χ3v) is 6.03. The molecule has 0 amide bonds. The van der Waals surface area contributed by atoms with Crippen LogP contribution < -0.4 is 0 Å². The molecular formula is C17H29NO2. The molecule has 0 aromatic rings. The van der Waals surface area contributed by atoms with Crippen molar-refractivity contribution in [1.82, 2.24) is 4.90 Å². The topological polar surface area (TPSA) is 40.5 Å². The fourth-order valence-electron chi connectivity index (χ4n) is 5.12. The smallest absolute Gasteiger partial charge is 0.303 e. The van der Waals surface area contributed by atoms with E-state index in [0.717, 1.165) is 19.4 Å². The van der Waals surface area contributed by atoms with E-state index in [1.807, 2.05) is 0 Å². The average molecular weight is 279 g/mol. The number of likely N-dealkylation sites (tertiary alicyclic amines) is 1. The molecule has 0 bridgehead atoms. The van der Waals surface area contributed by atoms with Crippen LogP contribution >= 0.6 is 0 Å². The third kappa shape index (κ3) is 3.03. The Labute approximate surface area is 122 Å². The Morgan fingerprint density at radius 1 is 0.900 bits per heavy atom. The van der Waals surface area contributed by atoms with Crippen molar-refractivity contribution in [3.8, 4) is 0 Å². The van der Waals surface area contributed by atoms with Gasteiger partial charge in [0, 0.05) is 19.6 Å². The first-order valence-corrected chi connectivity index (χ1v) is 8.56. The van der Waals surface area contributed by atoms with Gasteiger partial charge in [0.05, 0.1) is 6.42 Å². The monoisotopic (exact) mass is 279 g/mol. The highest BCUT2D eigenvalue weighted by Gasteiger charge is 2.46. The van der Waals surface area contributed by atoms with E-state index in [1.165, 1.54) is 64.5 Å². The number of carboxylic acid groups (broad SMARTS) is 1. The summed E-state index contributed by atoms with van der Waals surface area (Å²) in [7, 11) is 0. The summed E-state index contributed by atoms with van der Waals surface area (Å²) in [6, 6.07) is 0. The van der Waals surface area contributed by atoms with Crippen molar-refractivity contribution < 1.29 is 9.90 Å². The van der Waals surface area contributed by atoms with Gasteiger partial charge in [-0.1, -0.05) is 38.5 Å². The van der Waals surface area contributed by atoms with Gasteiger partial charge in [0.15, 0.2) is 0 Å². The summed E-state index contributed by atoms with van der Waals surface area (Å²) >= 11 is 0. The van der Waals surface area contributed by atoms with Crippen molar-refractivity contribution in [2.75, 3.05) is 19.6 Å². The van der Waals surface area contributed by atoms with Gasteiger partial charge < -0.3 is 10.0 Å². The van der Waals surface area contributed by atoms with Gasteiger partial charge in [-0.25, -0.2) is 0 Å². The minimum atomic E-state index is -0.597. The van der Waals surface area contributed by atoms with E-state index < -0.39 is 5.97 Å². The Kier molecular flexibility index (Phi) is 4.07. The van der Waals surface area contributed by atoms with Crippen molar-refractivity contribution in [1.29, 1.82) is 0 Å². The van der Waals surface area contributed by atoms with Gasteiger partial charge in [-0.2, -0.15) is 0 Å². The summed E-state index contributed by atoms with van der Waals surface area (Å²) in [6.07, 6.45) is 13.5. The number of rotatable bonds is 4. The van der Waals surface area contributed by atoms with Gasteiger partial charge >= 0.3 is 5.97 Å². The predicted octanol–water partition coefficient (Wildman–Crippen LogP) is 3.68. The molecule has 3 fully saturated rings. The summed E-state index contributed by atoms with van der Waals surface area (Å²) in [4.78, 5) is 13.8. The van der Waals surface area contributed by atoms with Gasteiger partial charge in [-0.3, -0.25) is 4.79 Å². The minimum absolute atomic E-state index is 0.0837. The van der Waals surface area contributed by atoms with Crippen LogP contribution in [0.3, 0.4) is 0 Å². The third-order valence-electron chi connectivity index (χ3n) is 6.03. The van der Waals surface area contributed by atoms with Gasteiger partial charge in [0.2, 0.25) is 0 Å². The van der Waals surface area contributed by atoms with E-state index >= 15 is 0 Å². The molecule has 2 saturated carbocycles. The lowest BCUT2D eigenvalue weighted by atomic mass is 9.66. The normalized spacial score (nSPS) is 29.0. The highest BCUT2D eigenvalue weighted by Crippen LogP contribution is 2.47. The van der Waals surface area contributed by atoms with Crippen LogP contribution in [-0.2, 0) is 4.79 Å². The maximum absolute atomic E-state index is 11.2. The fraction of sp³-hybridized carbons (Fsp3) is 0.941. The molecule has 1 spiro atoms. The number of nitrogens with zero attached hydrogens (tertiary/aromatic N) is 1. The van der Waals surface area contributed by atoms with Crippen LogP contribution in [0.5, 0.6) is 0 Å². The molecule has 0 radical (unpaired) electrons. The number of hydrogen-bond donors (Lipinski definition) is 1. The number of aliphatic carboxylic acids is 1. The molecule has 20 heavy (non-hydrogen) atoms. The van der Waals surface area contributed by atoms with Crippen LogP contribution in [-0.4, -0.2) is 35.6 Å². The lowest BCUT2D eigenvalue weighted by Crippen LogP contribution is -2.59. The average Bonchev–Trinajstić information content (AvgIpc) is 2.38. The van der Waals surface area contributed by atoms with E-state index in [9.17, 15) is 9.90 Å². The maximum Gasteiger partial charge on any atom is 0.303 e. The molecular weight excluding hydrogens is 250 g/mol. The number of carbonyl (C=O) groups is 1. The number of carboxylic acids is 1. The van der Waals surface area contributed by atoms with Crippen LogP contribution in [0.4, 0.5) is 0 Å². The van der Waals surface area contributed by atoms with Gasteiger partial charge in [0.25, 0.3) is 0 Å². The molecule has 0 unspecified atom stereocenters. The first-order chi connectivity index (χ1) is 9.62. The standard InChI is InChI=1S/C17H29NO2/c19-15(20)11-16(7-3-1-4-8-16)12-18-13-17(14-18)9-5-2-6-10-17/h1-14H2,(H,19,20). The second-order valence-electron chi connectivity index (χ2n) is 7.84. The zero-order valence-corrected chi connectivity index (χ0v) is 12.7. The second kappa shape index (κ2) is 5.67. The quantitative estimate of drug-likeness (QED) is 0.853. The second-order valence-corrected chi connectivity index (χ2v) is 7.84. The Morgan fingerprint density at radius 2 is 1.45 bits per heavy atom. The molecule has 3 aliphatic rings. The van der Waals surface area contributed by atoms with E-state index in [0.29, 0.717) is 11.8 Å². The summed E-state index contributed by atoms with van der Waals surface area (Å²) in [5.41, 5.74) is 0.706. The van der Waals surface area contributed by atoms with Crippen LogP contribution in [0.15, 0.2) is 0 Å². The highest BCUT2D eigenvalue weighted by atomic mass is 16.4. The molecule has 1 aliphatic heterocycles. The zero-order valence-electron chi connectivity index (χ0n) is 12.7. The lowest BCUT2D eigenvalue weighted by Gasteiger charge is -2.55. The molecule has 3 heteroatoms. The van der Waals surface area contributed by atoms with Crippen molar-refractivity contribution in [2.45, 2.75) is 70.6 Å². The first kappa shape index (κ1) is 14.4. The van der Waals surface area contributed by atoms with Crippen molar-refractivity contribution in [3.63, 3.8) is 0 Å². The SMILES string of the molecule is O=C(O)CC1(CN2CC3(CCCCC3)C2)CCCCC1. The summed E-state index contributed by atoms with van der Waals surface area (Å²) in [5, 5.41) is 9.26. The largest absolute Gasteiger partial charge is 0.481 e. The maximum atomic E-state index is 11.2. The van der Waals surface area contributed by atoms with E-state index in [4.69, 9.17) is 0 Å². The van der Waals surface area contributed by atoms with Crippen LogP contribution in [0.2, 0.25) is 0 Å². The van der Waals surface area contributed by atoms with Gasteiger partial charge in [-0.05, 0) is 36.5 Å². The van der Waals surface area contributed by atoms with E-state index in [1.54, 1.807) is 0 Å². The molecule has 3 nitrogen and oxygen atoms in total. The van der Waals surface area contributed by atoms with Crippen molar-refractivity contribution in [2.24, 2.45) is 10.8 Å². The molecule has 114 valence electrons. The minimum Gasteiger partial charge on any atom is -0.481 e. The van der Waals surface area contributed by atoms with Crippen LogP contribution in [0.1, 0.15) is 70.6 Å². The molecule has 1 heterocycles. The molecule has 0 aromatic carbocycles. The Hall–Kier alpha value is -0.570. The van der Waals surface area contributed by atoms with Crippen LogP contribution in [0.25, 0.3) is 0 Å². The molecule has 0 aromatic heterocycles. The summed E-state index contributed by atoms with van der Waals surface area (Å²) in [6.45, 7) is 3.53. The highest BCUT2D eigenvalue weighted by molar-refractivity contribution is 5.67. The van der Waals surface area contributed by atoms with Crippen LogP contribution in [0, 0.1) is 10.8 Å². The predicted molar refractivity (Wildman–Crippen MR) is 79.7 cm³/mol. The fourth-order valence-corrected chi connectivity index (χ4v) is 5.12.